The molecule has 4 heterocycles. The Labute approximate surface area is 211 Å². The largest absolute Gasteiger partial charge is 0.471 e. The van der Waals surface area contributed by atoms with Gasteiger partial charge >= 0.3 is 6.09 Å². The van der Waals surface area contributed by atoms with Crippen molar-refractivity contribution in [1.82, 2.24) is 20.1 Å². The van der Waals surface area contributed by atoms with Crippen molar-refractivity contribution in [3.8, 4) is 5.88 Å². The van der Waals surface area contributed by atoms with Crippen molar-refractivity contribution in [2.75, 3.05) is 48.3 Å². The molecule has 2 aromatic rings. The Morgan fingerprint density at radius 2 is 1.97 bits per heavy atom. The Balaban J connectivity index is 1.39. The maximum absolute atomic E-state index is 12.2. The first kappa shape index (κ1) is 25.1. The molecule has 2 saturated heterocycles. The molecule has 0 aliphatic carbocycles. The molecule has 1 unspecified atom stereocenters. The summed E-state index contributed by atoms with van der Waals surface area (Å²) in [6.07, 6.45) is 3.44. The van der Waals surface area contributed by atoms with Crippen LogP contribution in [-0.2, 0) is 4.74 Å². The normalized spacial score (nSPS) is 18.9. The minimum absolute atomic E-state index is 0.0968. The van der Waals surface area contributed by atoms with Gasteiger partial charge in [-0.15, -0.1) is 10.2 Å². The summed E-state index contributed by atoms with van der Waals surface area (Å²) in [5.41, 5.74) is 7.46. The second kappa shape index (κ2) is 10.3. The monoisotopic (exact) mass is 503 g/mol. The van der Waals surface area contributed by atoms with Crippen molar-refractivity contribution in [3.63, 3.8) is 0 Å². The van der Waals surface area contributed by atoms with E-state index in [0.717, 1.165) is 43.9 Å². The Kier molecular flexibility index (Phi) is 7.39. The van der Waals surface area contributed by atoms with E-state index in [0.29, 0.717) is 29.9 Å². The average molecular weight is 504 g/mol. The lowest BCUT2D eigenvalue weighted by molar-refractivity contribution is -0.0232. The van der Waals surface area contributed by atoms with Gasteiger partial charge in [0.15, 0.2) is 11.0 Å². The number of carbonyl (C=O) groups is 1. The highest BCUT2D eigenvalue weighted by Crippen LogP contribution is 2.31. The van der Waals surface area contributed by atoms with E-state index in [9.17, 15) is 4.79 Å². The summed E-state index contributed by atoms with van der Waals surface area (Å²) in [7, 11) is 0. The molecule has 0 bridgehead atoms. The summed E-state index contributed by atoms with van der Waals surface area (Å²) in [5, 5.41) is 8.14. The first-order chi connectivity index (χ1) is 16.6. The number of likely N-dealkylation sites (tertiary alicyclic amines) is 1. The Morgan fingerprint density at radius 1 is 1.20 bits per heavy atom. The van der Waals surface area contributed by atoms with Crippen LogP contribution in [0.2, 0.25) is 5.15 Å². The topological polar surface area (TPSA) is 110 Å². The summed E-state index contributed by atoms with van der Waals surface area (Å²) >= 11 is 6.07. The molecule has 11 heteroatoms. The number of rotatable bonds is 6. The molecular weight excluding hydrogens is 470 g/mol. The predicted molar refractivity (Wildman–Crippen MR) is 136 cm³/mol. The number of nitrogens with two attached hydrogens (primary N) is 1. The fourth-order valence-corrected chi connectivity index (χ4v) is 4.56. The highest BCUT2D eigenvalue weighted by atomic mass is 35.5. The number of halogens is 1. The molecule has 35 heavy (non-hydrogen) atoms. The SMILES string of the molecule is CCCC1CN(c2cc(Cl)nnc2N)CCN1c1ccnc(OC2CN(C(=O)OC(C)(C)C)C2)c1. The third-order valence-corrected chi connectivity index (χ3v) is 6.24. The van der Waals surface area contributed by atoms with E-state index >= 15 is 0 Å². The lowest BCUT2D eigenvalue weighted by Crippen LogP contribution is -2.57. The van der Waals surface area contributed by atoms with Gasteiger partial charge in [-0.3, -0.25) is 0 Å². The number of nitrogen functional groups attached to an aromatic ring is 1. The number of hydrogen-bond donors (Lipinski definition) is 1. The van der Waals surface area contributed by atoms with Gasteiger partial charge in [-0.2, -0.15) is 0 Å². The first-order valence-corrected chi connectivity index (χ1v) is 12.4. The summed E-state index contributed by atoms with van der Waals surface area (Å²) in [6, 6.07) is 6.05. The van der Waals surface area contributed by atoms with Crippen LogP contribution in [0.4, 0.5) is 22.0 Å². The molecule has 4 rings (SSSR count). The molecule has 190 valence electrons. The van der Waals surface area contributed by atoms with Gasteiger partial charge in [0.25, 0.3) is 0 Å². The molecule has 1 atom stereocenters. The number of aromatic nitrogens is 3. The molecular formula is C24H34ClN7O3. The number of piperazine rings is 1. The zero-order valence-corrected chi connectivity index (χ0v) is 21.5. The van der Waals surface area contributed by atoms with Crippen molar-refractivity contribution >= 4 is 34.9 Å². The van der Waals surface area contributed by atoms with Crippen LogP contribution in [0.5, 0.6) is 5.88 Å². The standard InChI is InChI=1S/C24H34ClN7O3/c1-5-6-17-13-30(19-12-20(25)28-29-22(19)26)9-10-32(17)16-7-8-27-21(11-16)34-18-14-31(15-18)23(33)35-24(2,3)4/h7-8,11-12,17-18H,5-6,9-10,13-15H2,1-4H3,(H2,26,29). The quantitative estimate of drug-likeness (QED) is 0.632. The van der Waals surface area contributed by atoms with Crippen LogP contribution in [0.15, 0.2) is 24.4 Å². The van der Waals surface area contributed by atoms with E-state index in [1.54, 1.807) is 17.2 Å². The van der Waals surface area contributed by atoms with Gasteiger partial charge in [0.05, 0.1) is 18.8 Å². The van der Waals surface area contributed by atoms with Crippen molar-refractivity contribution in [3.05, 3.63) is 29.5 Å². The molecule has 2 aliphatic heterocycles. The van der Waals surface area contributed by atoms with Crippen molar-refractivity contribution in [2.45, 2.75) is 58.3 Å². The first-order valence-electron chi connectivity index (χ1n) is 12.0. The Hall–Kier alpha value is -3.01. The fourth-order valence-electron chi connectivity index (χ4n) is 4.42. The van der Waals surface area contributed by atoms with Gasteiger partial charge in [0.1, 0.15) is 11.7 Å². The van der Waals surface area contributed by atoms with Crippen molar-refractivity contribution < 1.29 is 14.3 Å². The molecule has 1 amide bonds. The van der Waals surface area contributed by atoms with Crippen molar-refractivity contribution in [2.24, 2.45) is 0 Å². The summed E-state index contributed by atoms with van der Waals surface area (Å²) in [5.74, 6) is 0.946. The van der Waals surface area contributed by atoms with Gasteiger partial charge in [0, 0.05) is 49.7 Å². The van der Waals surface area contributed by atoms with Crippen LogP contribution < -0.4 is 20.3 Å². The molecule has 2 aliphatic rings. The number of ether oxygens (including phenoxy) is 2. The lowest BCUT2D eigenvalue weighted by Gasteiger charge is -2.44. The van der Waals surface area contributed by atoms with E-state index in [1.165, 1.54) is 0 Å². The van der Waals surface area contributed by atoms with Gasteiger partial charge < -0.3 is 29.9 Å². The molecule has 2 aromatic heterocycles. The number of amides is 1. The van der Waals surface area contributed by atoms with E-state index in [2.05, 4.69) is 31.9 Å². The zero-order valence-electron chi connectivity index (χ0n) is 20.8. The highest BCUT2D eigenvalue weighted by Gasteiger charge is 2.35. The van der Waals surface area contributed by atoms with Gasteiger partial charge in [-0.25, -0.2) is 9.78 Å². The molecule has 0 aromatic carbocycles. The third kappa shape index (κ3) is 6.17. The Bertz CT molecular complexity index is 1040. The number of anilines is 3. The molecule has 2 N–H and O–H groups in total. The summed E-state index contributed by atoms with van der Waals surface area (Å²) < 4.78 is 11.5. The summed E-state index contributed by atoms with van der Waals surface area (Å²) in [6.45, 7) is 11.1. The molecule has 0 spiro atoms. The smallest absolute Gasteiger partial charge is 0.410 e. The second-order valence-corrected chi connectivity index (χ2v) is 10.4. The molecule has 10 nitrogen and oxygen atoms in total. The minimum atomic E-state index is -0.510. The maximum atomic E-state index is 12.2. The summed E-state index contributed by atoms with van der Waals surface area (Å²) in [4.78, 5) is 22.8. The van der Waals surface area contributed by atoms with E-state index in [1.807, 2.05) is 32.9 Å². The van der Waals surface area contributed by atoms with Gasteiger partial charge in [-0.05, 0) is 33.3 Å². The average Bonchev–Trinajstić information content (AvgIpc) is 2.77. The van der Waals surface area contributed by atoms with Crippen LogP contribution in [0.1, 0.15) is 40.5 Å². The van der Waals surface area contributed by atoms with Crippen LogP contribution in [0.3, 0.4) is 0 Å². The number of pyridine rings is 1. The number of carbonyl (C=O) groups excluding carboxylic acids is 1. The minimum Gasteiger partial charge on any atom is -0.471 e. The number of nitrogens with zero attached hydrogens (tertiary/aromatic N) is 6. The Morgan fingerprint density at radius 3 is 2.69 bits per heavy atom. The fraction of sp³-hybridized carbons (Fsp3) is 0.583. The van der Waals surface area contributed by atoms with Crippen LogP contribution in [0.25, 0.3) is 0 Å². The van der Waals surface area contributed by atoms with Crippen LogP contribution in [0, 0.1) is 0 Å². The number of hydrogen-bond acceptors (Lipinski definition) is 9. The predicted octanol–water partition coefficient (Wildman–Crippen LogP) is 3.60. The maximum Gasteiger partial charge on any atom is 0.410 e. The molecule has 0 saturated carbocycles. The van der Waals surface area contributed by atoms with Gasteiger partial charge in [-0.1, -0.05) is 24.9 Å². The molecule has 0 radical (unpaired) electrons. The van der Waals surface area contributed by atoms with Crippen molar-refractivity contribution in [1.29, 1.82) is 0 Å². The van der Waals surface area contributed by atoms with Crippen LogP contribution >= 0.6 is 11.6 Å². The second-order valence-electron chi connectivity index (χ2n) is 10.00. The zero-order chi connectivity index (χ0) is 25.2. The van der Waals surface area contributed by atoms with E-state index in [4.69, 9.17) is 26.8 Å². The van der Waals surface area contributed by atoms with E-state index < -0.39 is 5.60 Å². The molecule has 2 fully saturated rings. The lowest BCUT2D eigenvalue weighted by atomic mass is 10.0. The van der Waals surface area contributed by atoms with Crippen LogP contribution in [-0.4, -0.2) is 76.6 Å². The van der Waals surface area contributed by atoms with E-state index in [-0.39, 0.29) is 18.2 Å². The van der Waals surface area contributed by atoms with Gasteiger partial charge in [0.2, 0.25) is 5.88 Å². The highest BCUT2D eigenvalue weighted by molar-refractivity contribution is 6.29. The third-order valence-electron chi connectivity index (χ3n) is 6.05.